The van der Waals surface area contributed by atoms with Gasteiger partial charge in [-0.3, -0.25) is 0 Å². The van der Waals surface area contributed by atoms with Gasteiger partial charge in [0.15, 0.2) is 0 Å². The third kappa shape index (κ3) is 5.08. The number of aliphatic hydroxyl groups is 2. The van der Waals surface area contributed by atoms with Gasteiger partial charge < -0.3 is 25.2 Å². The number of nitrogens with one attached hydrogen (secondary N) is 1. The molecule has 0 aliphatic carbocycles. The molecule has 3 heterocycles. The Morgan fingerprint density at radius 1 is 1.13 bits per heavy atom. The molecule has 2 unspecified atom stereocenters. The van der Waals surface area contributed by atoms with Crippen LogP contribution in [0.2, 0.25) is 5.02 Å². The number of piperidine rings is 1. The highest BCUT2D eigenvalue weighted by Gasteiger charge is 2.45. The molecule has 5 nitrogen and oxygen atoms in total. The minimum Gasteiger partial charge on any atom is -0.462 e. The number of allylic oxidation sites excluding steroid dienone is 3. The van der Waals surface area contributed by atoms with E-state index in [1.807, 2.05) is 54.7 Å². The fourth-order valence-electron chi connectivity index (χ4n) is 5.97. The van der Waals surface area contributed by atoms with Gasteiger partial charge in [0, 0.05) is 53.8 Å². The predicted molar refractivity (Wildman–Crippen MR) is 153 cm³/mol. The van der Waals surface area contributed by atoms with Crippen molar-refractivity contribution in [3.05, 3.63) is 106 Å². The zero-order valence-corrected chi connectivity index (χ0v) is 23.3. The van der Waals surface area contributed by atoms with Crippen LogP contribution in [0.4, 0.5) is 0 Å². The van der Waals surface area contributed by atoms with Crippen molar-refractivity contribution >= 4 is 17.2 Å². The van der Waals surface area contributed by atoms with Crippen LogP contribution in [0.3, 0.4) is 0 Å². The van der Waals surface area contributed by atoms with Crippen LogP contribution in [-0.2, 0) is 11.2 Å². The van der Waals surface area contributed by atoms with Gasteiger partial charge >= 0.3 is 0 Å². The summed E-state index contributed by atoms with van der Waals surface area (Å²) < 4.78 is 6.04. The summed E-state index contributed by atoms with van der Waals surface area (Å²) in [6.07, 6.45) is 10.9. The number of fused-ring (bicyclic) bond motifs is 2. The summed E-state index contributed by atoms with van der Waals surface area (Å²) >= 11 is 6.10. The van der Waals surface area contributed by atoms with Gasteiger partial charge in [-0.1, -0.05) is 55.8 Å². The van der Waals surface area contributed by atoms with Crippen LogP contribution in [-0.4, -0.2) is 34.7 Å². The molecule has 0 bridgehead atoms. The second-order valence-electron chi connectivity index (χ2n) is 11.3. The van der Waals surface area contributed by atoms with Crippen molar-refractivity contribution in [2.75, 3.05) is 19.6 Å². The van der Waals surface area contributed by atoms with Crippen LogP contribution >= 0.6 is 11.6 Å². The fraction of sp³-hybridized carbons (Fsp3) is 0.375. The highest BCUT2D eigenvalue weighted by atomic mass is 35.5. The zero-order chi connectivity index (χ0) is 27.1. The molecule has 1 saturated heterocycles. The number of benzene rings is 2. The molecule has 3 aliphatic heterocycles. The van der Waals surface area contributed by atoms with E-state index in [2.05, 4.69) is 36.2 Å². The lowest BCUT2D eigenvalue weighted by Gasteiger charge is -2.48. The lowest BCUT2D eigenvalue weighted by atomic mass is 9.71. The molecule has 200 valence electrons. The van der Waals surface area contributed by atoms with E-state index in [-0.39, 0.29) is 11.8 Å². The van der Waals surface area contributed by atoms with E-state index in [4.69, 9.17) is 16.3 Å². The topological polar surface area (TPSA) is 65.0 Å². The Hall–Kier alpha value is -2.83. The fourth-order valence-corrected chi connectivity index (χ4v) is 6.09. The van der Waals surface area contributed by atoms with Crippen LogP contribution in [0.1, 0.15) is 50.8 Å². The van der Waals surface area contributed by atoms with Crippen molar-refractivity contribution in [2.24, 2.45) is 11.8 Å². The Morgan fingerprint density at radius 2 is 1.84 bits per heavy atom. The molecule has 2 atom stereocenters. The Balaban J connectivity index is 1.38. The van der Waals surface area contributed by atoms with Crippen molar-refractivity contribution in [1.29, 1.82) is 0 Å². The molecular formula is C32H37ClN2O3. The molecule has 3 aliphatic rings. The molecule has 6 heteroatoms. The molecule has 2 aromatic rings. The summed E-state index contributed by atoms with van der Waals surface area (Å²) in [6.45, 7) is 10.4. The first-order chi connectivity index (χ1) is 18.1. The minimum absolute atomic E-state index is 0.0753. The molecule has 1 fully saturated rings. The average Bonchev–Trinajstić information content (AvgIpc) is 3.04. The van der Waals surface area contributed by atoms with Crippen LogP contribution in [0, 0.1) is 11.8 Å². The summed E-state index contributed by atoms with van der Waals surface area (Å²) in [7, 11) is 0. The van der Waals surface area contributed by atoms with E-state index >= 15 is 0 Å². The molecule has 0 aromatic heterocycles. The lowest BCUT2D eigenvalue weighted by molar-refractivity contribution is -0.112. The summed E-state index contributed by atoms with van der Waals surface area (Å²) in [5, 5.41) is 26.4. The van der Waals surface area contributed by atoms with Gasteiger partial charge in [-0.05, 0) is 67.3 Å². The maximum Gasteiger partial charge on any atom is 0.134 e. The standard InChI is InChI=1S/C32H37ClN2O3/c1-21-18-35(19-22(2)32(21,37)23-9-12-25(33)13-10-23)16-6-8-26-27-7-5-15-34-29(27)20-38-30-14-11-24(17-28(26)30)31(3,4)36/h5,7-15,17,20-22,34,36-37H,6,16,18-19H2,1-4H3. The van der Waals surface area contributed by atoms with Crippen LogP contribution in [0.15, 0.2) is 84.4 Å². The number of rotatable bonds is 5. The van der Waals surface area contributed by atoms with Crippen LogP contribution in [0.25, 0.3) is 5.57 Å². The molecule has 5 rings (SSSR count). The molecule has 0 spiro atoms. The van der Waals surface area contributed by atoms with Crippen LogP contribution in [0.5, 0.6) is 5.75 Å². The highest BCUT2D eigenvalue weighted by Crippen LogP contribution is 2.42. The number of nitrogens with zero attached hydrogens (tertiary/aromatic N) is 1. The van der Waals surface area contributed by atoms with Crippen LogP contribution < -0.4 is 10.1 Å². The van der Waals surface area contributed by atoms with E-state index < -0.39 is 11.2 Å². The third-order valence-corrected chi connectivity index (χ3v) is 8.38. The number of halogens is 1. The van der Waals surface area contributed by atoms with Gasteiger partial charge in [0.2, 0.25) is 0 Å². The Kier molecular flexibility index (Phi) is 7.31. The second kappa shape index (κ2) is 10.4. The highest BCUT2D eigenvalue weighted by molar-refractivity contribution is 6.30. The molecule has 2 aromatic carbocycles. The van der Waals surface area contributed by atoms with Crippen molar-refractivity contribution < 1.29 is 14.9 Å². The first-order valence-electron chi connectivity index (χ1n) is 13.4. The van der Waals surface area contributed by atoms with E-state index in [0.29, 0.717) is 5.02 Å². The van der Waals surface area contributed by atoms with Gasteiger partial charge in [0.05, 0.1) is 16.9 Å². The monoisotopic (exact) mass is 532 g/mol. The van der Waals surface area contributed by atoms with Gasteiger partial charge in [-0.25, -0.2) is 0 Å². The van der Waals surface area contributed by atoms with Gasteiger partial charge in [0.25, 0.3) is 0 Å². The maximum absolute atomic E-state index is 11.7. The summed E-state index contributed by atoms with van der Waals surface area (Å²) in [5.74, 6) is 0.916. The van der Waals surface area contributed by atoms with Gasteiger partial charge in [-0.15, -0.1) is 0 Å². The molecular weight excluding hydrogens is 496 g/mol. The number of hydrogen-bond donors (Lipinski definition) is 3. The molecule has 3 N–H and O–H groups in total. The van der Waals surface area contributed by atoms with Gasteiger partial charge in [0.1, 0.15) is 12.0 Å². The molecule has 0 amide bonds. The molecule has 38 heavy (non-hydrogen) atoms. The minimum atomic E-state index is -0.956. The summed E-state index contributed by atoms with van der Waals surface area (Å²) in [4.78, 5) is 2.45. The van der Waals surface area contributed by atoms with Crippen molar-refractivity contribution in [3.63, 3.8) is 0 Å². The Bertz CT molecular complexity index is 1310. The molecule has 0 radical (unpaired) electrons. The van der Waals surface area contributed by atoms with E-state index in [9.17, 15) is 10.2 Å². The Labute approximate surface area is 230 Å². The number of ether oxygens (including phenoxy) is 1. The largest absolute Gasteiger partial charge is 0.462 e. The summed E-state index contributed by atoms with van der Waals surface area (Å²) in [6, 6.07) is 13.5. The average molecular weight is 533 g/mol. The third-order valence-electron chi connectivity index (χ3n) is 8.13. The SMILES string of the molecule is CC1CN(CCC=C2C3=CC=CNC3=COc3ccc(C(C)(C)O)cc32)CC(C)C1(O)c1ccc(Cl)cc1. The number of hydrogen-bond acceptors (Lipinski definition) is 5. The van der Waals surface area contributed by atoms with Crippen molar-refractivity contribution in [1.82, 2.24) is 10.2 Å². The Morgan fingerprint density at radius 3 is 2.53 bits per heavy atom. The first-order valence-corrected chi connectivity index (χ1v) is 13.7. The lowest BCUT2D eigenvalue weighted by Crippen LogP contribution is -2.54. The van der Waals surface area contributed by atoms with E-state index in [1.54, 1.807) is 20.1 Å². The smallest absolute Gasteiger partial charge is 0.134 e. The number of likely N-dealkylation sites (tertiary alicyclic amines) is 1. The zero-order valence-electron chi connectivity index (χ0n) is 22.5. The van der Waals surface area contributed by atoms with Crippen molar-refractivity contribution in [3.8, 4) is 5.75 Å². The van der Waals surface area contributed by atoms with E-state index in [0.717, 1.165) is 65.3 Å². The first kappa shape index (κ1) is 26.8. The van der Waals surface area contributed by atoms with E-state index in [1.165, 1.54) is 0 Å². The normalized spacial score (nSPS) is 26.4. The number of dihydropyridines is 1. The van der Waals surface area contributed by atoms with Crippen molar-refractivity contribution in [2.45, 2.75) is 45.3 Å². The second-order valence-corrected chi connectivity index (χ2v) is 11.7. The quantitative estimate of drug-likeness (QED) is 0.434. The maximum atomic E-state index is 11.7. The summed E-state index contributed by atoms with van der Waals surface area (Å²) in [5.41, 5.74) is 3.97. The van der Waals surface area contributed by atoms with Gasteiger partial charge in [-0.2, -0.15) is 0 Å². The molecule has 0 saturated carbocycles. The predicted octanol–water partition coefficient (Wildman–Crippen LogP) is 6.09.